The highest BCUT2D eigenvalue weighted by Gasteiger charge is 2.38. The quantitative estimate of drug-likeness (QED) is 0.0839. The van der Waals surface area contributed by atoms with Gasteiger partial charge in [0.1, 0.15) is 23.7 Å². The van der Waals surface area contributed by atoms with Gasteiger partial charge in [-0.25, -0.2) is 19.6 Å². The second-order valence-corrected chi connectivity index (χ2v) is 18.5. The number of amides is 4. The molecule has 2 aliphatic carbocycles. The summed E-state index contributed by atoms with van der Waals surface area (Å²) in [4.78, 5) is 72.7. The van der Waals surface area contributed by atoms with Gasteiger partial charge in [-0.15, -0.1) is 0 Å². The van der Waals surface area contributed by atoms with Crippen LogP contribution >= 0.6 is 0 Å². The number of fused-ring (bicyclic) bond motifs is 10. The number of carbonyl (C=O) groups excluding carboxylic acids is 4. The molecule has 5 aromatic rings. The molecule has 366 valence electrons. The molecule has 2 bridgehead atoms. The number of carbonyl (C=O) groups is 4. The Bertz CT molecular complexity index is 2720. The number of rotatable bonds is 14. The van der Waals surface area contributed by atoms with Gasteiger partial charge < -0.3 is 49.3 Å². The van der Waals surface area contributed by atoms with Crippen LogP contribution in [0.5, 0.6) is 0 Å². The lowest BCUT2D eigenvalue weighted by molar-refractivity contribution is -0.135. The lowest BCUT2D eigenvalue weighted by Gasteiger charge is -2.28. The summed E-state index contributed by atoms with van der Waals surface area (Å²) in [5.74, 6) is 1.46. The van der Waals surface area contributed by atoms with Crippen LogP contribution in [0.25, 0.3) is 38.8 Å². The number of nitrogens with one attached hydrogen (secondary N) is 4. The summed E-state index contributed by atoms with van der Waals surface area (Å²) in [6.45, 7) is 6.25. The van der Waals surface area contributed by atoms with Crippen molar-refractivity contribution in [2.45, 2.75) is 102 Å². The van der Waals surface area contributed by atoms with E-state index in [9.17, 15) is 19.2 Å². The number of aryl methyl sites for hydroxylation is 2. The number of hydrogen-bond donors (Lipinski definition) is 4. The molecule has 4 aliphatic rings. The molecule has 2 aromatic heterocycles. The number of benzene rings is 3. The monoisotopic (exact) mass is 943 g/mol. The van der Waals surface area contributed by atoms with E-state index in [1.54, 1.807) is 14.2 Å². The zero-order valence-corrected chi connectivity index (χ0v) is 40.7. The first kappa shape index (κ1) is 48.9. The maximum Gasteiger partial charge on any atom is 0.407 e. The van der Waals surface area contributed by atoms with Gasteiger partial charge in [0.2, 0.25) is 11.8 Å². The first-order valence-corrected chi connectivity index (χ1v) is 24.3. The summed E-state index contributed by atoms with van der Waals surface area (Å²) in [5.41, 5.74) is 11.9. The second kappa shape index (κ2) is 22.3. The van der Waals surface area contributed by atoms with Crippen LogP contribution in [0, 0.1) is 5.92 Å². The van der Waals surface area contributed by atoms with Crippen LogP contribution in [0.4, 0.5) is 9.59 Å². The molecule has 2 saturated heterocycles. The fourth-order valence-electron chi connectivity index (χ4n) is 10.1. The van der Waals surface area contributed by atoms with Crippen LogP contribution in [-0.4, -0.2) is 121 Å². The zero-order chi connectivity index (χ0) is 48.6. The van der Waals surface area contributed by atoms with Crippen molar-refractivity contribution in [3.63, 3.8) is 0 Å². The van der Waals surface area contributed by atoms with Crippen LogP contribution in [0.1, 0.15) is 106 Å². The second-order valence-electron chi connectivity index (χ2n) is 18.5. The average molecular weight is 943 g/mol. The summed E-state index contributed by atoms with van der Waals surface area (Å²) in [6, 6.07) is 17.7. The van der Waals surface area contributed by atoms with Crippen LogP contribution in [0.3, 0.4) is 0 Å². The predicted molar refractivity (Wildman–Crippen MR) is 264 cm³/mol. The summed E-state index contributed by atoms with van der Waals surface area (Å²) >= 11 is 0. The van der Waals surface area contributed by atoms with E-state index in [1.165, 1.54) is 42.1 Å². The molecule has 0 unspecified atom stereocenters. The number of allylic oxidation sites excluding steroid dienone is 4. The topological polar surface area (TPSA) is 193 Å². The number of aromatic nitrogens is 4. The fraction of sp³-hybridized carbons (Fsp3) is 0.472. The number of aromatic amines is 2. The number of H-pyrrole nitrogens is 2. The van der Waals surface area contributed by atoms with E-state index in [2.05, 4.69) is 101 Å². The van der Waals surface area contributed by atoms with Gasteiger partial charge in [0.15, 0.2) is 0 Å². The van der Waals surface area contributed by atoms with E-state index >= 15 is 0 Å². The summed E-state index contributed by atoms with van der Waals surface area (Å²) in [5, 5.41) is 5.39. The van der Waals surface area contributed by atoms with E-state index < -0.39 is 24.3 Å². The molecule has 2 fully saturated rings. The number of alkyl carbamates (subject to hydrolysis) is 2. The van der Waals surface area contributed by atoms with E-state index in [-0.39, 0.29) is 23.9 Å². The van der Waals surface area contributed by atoms with E-state index in [4.69, 9.17) is 28.9 Å². The Balaban J connectivity index is 1.01. The Morgan fingerprint density at radius 1 is 0.710 bits per heavy atom. The summed E-state index contributed by atoms with van der Waals surface area (Å²) < 4.78 is 20.1. The van der Waals surface area contributed by atoms with Crippen LogP contribution in [0.15, 0.2) is 72.3 Å². The smallest absolute Gasteiger partial charge is 0.407 e. The minimum Gasteiger partial charge on any atom is -0.453 e. The van der Waals surface area contributed by atoms with Crippen molar-refractivity contribution in [1.29, 1.82) is 0 Å². The Hall–Kier alpha value is -6.52. The number of hydrogen-bond acceptors (Lipinski definition) is 10. The molecule has 16 heteroatoms. The van der Waals surface area contributed by atoms with Crippen molar-refractivity contribution in [1.82, 2.24) is 40.4 Å². The maximum absolute atomic E-state index is 13.8. The highest BCUT2D eigenvalue weighted by Crippen LogP contribution is 2.37. The largest absolute Gasteiger partial charge is 0.453 e. The van der Waals surface area contributed by atoms with Gasteiger partial charge in [0.05, 0.1) is 48.4 Å². The van der Waals surface area contributed by atoms with Crippen molar-refractivity contribution >= 4 is 51.6 Å². The predicted octanol–water partition coefficient (Wildman–Crippen LogP) is 8.50. The van der Waals surface area contributed by atoms with Crippen molar-refractivity contribution < 1.29 is 38.1 Å². The van der Waals surface area contributed by atoms with Crippen LogP contribution in [-0.2, 0) is 41.4 Å². The van der Waals surface area contributed by atoms with Crippen molar-refractivity contribution in [3.05, 3.63) is 101 Å². The normalized spacial score (nSPS) is 20.6. The Morgan fingerprint density at radius 2 is 1.29 bits per heavy atom. The van der Waals surface area contributed by atoms with E-state index in [1.807, 2.05) is 9.80 Å². The third kappa shape index (κ3) is 11.2. The Kier molecular flexibility index (Phi) is 15.8. The maximum atomic E-state index is 13.8. The van der Waals surface area contributed by atoms with E-state index in [0.717, 1.165) is 96.2 Å². The molecule has 4 amide bonds. The molecule has 4 N–H and O–H groups in total. The zero-order valence-electron chi connectivity index (χ0n) is 40.7. The van der Waals surface area contributed by atoms with Gasteiger partial charge in [-0.3, -0.25) is 9.59 Å². The Morgan fingerprint density at radius 3 is 1.87 bits per heavy atom. The highest BCUT2D eigenvalue weighted by atomic mass is 16.5. The van der Waals surface area contributed by atoms with Gasteiger partial charge in [-0.05, 0) is 127 Å². The molecule has 0 radical (unpaired) electrons. The highest BCUT2D eigenvalue weighted by molar-refractivity contribution is 5.88. The van der Waals surface area contributed by atoms with Gasteiger partial charge in [-0.2, -0.15) is 0 Å². The molecule has 4 heterocycles. The van der Waals surface area contributed by atoms with Gasteiger partial charge >= 0.3 is 12.2 Å². The molecule has 69 heavy (non-hydrogen) atoms. The Labute approximate surface area is 403 Å². The fourth-order valence-corrected chi connectivity index (χ4v) is 10.1. The molecule has 5 atom stereocenters. The lowest BCUT2D eigenvalue weighted by Crippen LogP contribution is -2.49. The number of methoxy groups -OCH3 is 4. The summed E-state index contributed by atoms with van der Waals surface area (Å²) in [6.07, 6.45) is 10.8. The number of ether oxygens (including phenoxy) is 4. The third-order valence-electron chi connectivity index (χ3n) is 14.1. The first-order chi connectivity index (χ1) is 33.5. The van der Waals surface area contributed by atoms with Crippen molar-refractivity contribution in [3.8, 4) is 11.1 Å². The number of likely N-dealkylation sites (tertiary alicyclic amines) is 2. The first-order valence-electron chi connectivity index (χ1n) is 24.3. The van der Waals surface area contributed by atoms with Crippen LogP contribution < -0.4 is 10.6 Å². The molecule has 0 saturated carbocycles. The van der Waals surface area contributed by atoms with E-state index in [0.29, 0.717) is 45.1 Å². The lowest BCUT2D eigenvalue weighted by atomic mass is 9.88. The molecular weight excluding hydrogens is 877 g/mol. The number of imidazole rings is 2. The summed E-state index contributed by atoms with van der Waals surface area (Å²) in [7, 11) is 5.71. The van der Waals surface area contributed by atoms with Gasteiger partial charge in [-0.1, -0.05) is 49.4 Å². The van der Waals surface area contributed by atoms with Gasteiger partial charge in [0, 0.05) is 53.4 Å². The van der Waals surface area contributed by atoms with Crippen molar-refractivity contribution in [2.75, 3.05) is 54.7 Å². The average Bonchev–Trinajstić information content (AvgIpc) is 4.20. The minimum absolute atomic E-state index is 0.177. The number of nitrogens with zero attached hydrogens (tertiary/aromatic N) is 4. The van der Waals surface area contributed by atoms with Crippen molar-refractivity contribution in [2.24, 2.45) is 5.92 Å². The minimum atomic E-state index is -0.769. The molecule has 3 aromatic carbocycles. The molecule has 0 spiro atoms. The standard InChI is InChI=1S/C53H66N8O8/c1-32-11-15-35(33(2)37-19-21-40-44(30-37)56-48(54-40)46-9-7-25-60(46)50(62)42(23-27-66-3)58-52(64)68-5)17-13-34-14-18-36(16-12-32)39(29-34)38-20-22-41-45(31-38)57-49(55-41)47-10-8-26-61(47)51(63)43(24-28-67-4)59-53(65)69-6/h11,14-15,18-22,29-32,42-43,46-47H,7-10,12-13,16-17,23-28H2,1-6H3,(H,54,56)(H,55,57)(H,58,64)(H,59,65)/b15-11-,35-33-/t32-,42-,43-,46-,47-/m0/s1. The molecule has 2 aliphatic heterocycles. The molecular formula is C53H66N8O8. The van der Waals surface area contributed by atoms with Gasteiger partial charge in [0.25, 0.3) is 0 Å². The third-order valence-corrected chi connectivity index (χ3v) is 14.1. The molecule has 16 nitrogen and oxygen atoms in total. The van der Waals surface area contributed by atoms with Crippen LogP contribution in [0.2, 0.25) is 0 Å². The molecule has 9 rings (SSSR count). The SMILES string of the molecule is COCC[C@H](NC(=O)OC)C(=O)N1CCC[C@H]1c1nc2cc(/C(C)=C3/C=C\[C@H](C)CCc4ccc(cc4-c4ccc5[nH]c([C@@H]6CCCN6C(=O)[C@H](CCOC)NC(=O)OC)nc5c4)CC3)ccc2[nH]1.